The summed E-state index contributed by atoms with van der Waals surface area (Å²) in [6.07, 6.45) is -1.43. The highest BCUT2D eigenvalue weighted by molar-refractivity contribution is 7.78. The third kappa shape index (κ3) is 6.58. The Kier molecular flexibility index (Phi) is 8.70. The summed E-state index contributed by atoms with van der Waals surface area (Å²) in [4.78, 5) is 26.3. The monoisotopic (exact) mass is 532 g/mol. The summed E-state index contributed by atoms with van der Waals surface area (Å²) in [6, 6.07) is 25.7. The molecule has 3 amide bonds. The van der Waals surface area contributed by atoms with Crippen LogP contribution in [0.2, 0.25) is 0 Å². The van der Waals surface area contributed by atoms with Gasteiger partial charge in [-0.25, -0.2) is 9.10 Å². The summed E-state index contributed by atoms with van der Waals surface area (Å²) >= 11 is 22.6. The van der Waals surface area contributed by atoms with Crippen LogP contribution in [0.3, 0.4) is 0 Å². The number of hydrogen-bond donors (Lipinski definition) is 3. The van der Waals surface area contributed by atoms with Crippen LogP contribution >= 0.6 is 47.6 Å². The van der Waals surface area contributed by atoms with E-state index in [-0.39, 0.29) is 0 Å². The van der Waals surface area contributed by atoms with E-state index in [0.29, 0.717) is 11.3 Å². The van der Waals surface area contributed by atoms with E-state index < -0.39 is 27.8 Å². The zero-order valence-corrected chi connectivity index (χ0v) is 20.7. The third-order valence-electron chi connectivity index (χ3n) is 4.81. The Hall–Kier alpha value is -2.89. The second kappa shape index (κ2) is 11.5. The van der Waals surface area contributed by atoms with E-state index >= 15 is 0 Å². The van der Waals surface area contributed by atoms with E-state index in [1.165, 1.54) is 6.07 Å². The van der Waals surface area contributed by atoms with Crippen LogP contribution in [0, 0.1) is 11.3 Å². The molecule has 0 saturated heterocycles. The molecule has 3 aromatic carbocycles. The number of carbonyl (C=O) groups excluding carboxylic acids is 2. The average molecular weight is 534 g/mol. The van der Waals surface area contributed by atoms with Gasteiger partial charge in [0, 0.05) is 5.69 Å². The molecular weight excluding hydrogens is 515 g/mol. The minimum Gasteiger partial charge on any atom is -0.331 e. The fraction of sp³-hybridized carbons (Fsp3) is 0.125. The largest absolute Gasteiger partial charge is 0.333 e. The third-order valence-corrected chi connectivity index (χ3v) is 5.85. The predicted molar refractivity (Wildman–Crippen MR) is 138 cm³/mol. The van der Waals surface area contributed by atoms with Crippen molar-refractivity contribution in [1.29, 1.82) is 5.26 Å². The first-order chi connectivity index (χ1) is 16.2. The number of thiol groups is 1. The number of halogens is 3. The molecule has 34 heavy (non-hydrogen) atoms. The van der Waals surface area contributed by atoms with Gasteiger partial charge >= 0.3 is 6.03 Å². The molecule has 0 aromatic heterocycles. The second-order valence-corrected chi connectivity index (χ2v) is 9.97. The summed E-state index contributed by atoms with van der Waals surface area (Å²) < 4.78 is -1.32. The Labute approximate surface area is 218 Å². The van der Waals surface area contributed by atoms with Gasteiger partial charge in [-0.15, -0.1) is 0 Å². The molecular formula is C24H19Cl3N4O2S. The minimum atomic E-state index is -2.11. The minimum absolute atomic E-state index is 0.337. The molecule has 3 rings (SSSR count). The van der Waals surface area contributed by atoms with Gasteiger partial charge in [0.05, 0.1) is 17.6 Å². The van der Waals surface area contributed by atoms with Gasteiger partial charge in [-0.2, -0.15) is 5.26 Å². The van der Waals surface area contributed by atoms with Crippen LogP contribution in [0.5, 0.6) is 0 Å². The van der Waals surface area contributed by atoms with E-state index in [0.717, 1.165) is 15.4 Å². The zero-order chi connectivity index (χ0) is 24.7. The molecule has 6 nitrogen and oxygen atoms in total. The van der Waals surface area contributed by atoms with Crippen molar-refractivity contribution < 1.29 is 9.59 Å². The van der Waals surface area contributed by atoms with Crippen molar-refractivity contribution in [3.05, 3.63) is 102 Å². The van der Waals surface area contributed by atoms with Crippen molar-refractivity contribution in [3.8, 4) is 6.07 Å². The van der Waals surface area contributed by atoms with Crippen LogP contribution in [0.25, 0.3) is 0 Å². The van der Waals surface area contributed by atoms with Crippen molar-refractivity contribution >= 4 is 65.2 Å². The Morgan fingerprint density at radius 2 is 1.47 bits per heavy atom. The van der Waals surface area contributed by atoms with Crippen LogP contribution < -0.4 is 10.6 Å². The van der Waals surface area contributed by atoms with Crippen molar-refractivity contribution in [3.63, 3.8) is 0 Å². The van der Waals surface area contributed by atoms with E-state index in [4.69, 9.17) is 40.1 Å². The molecule has 0 spiro atoms. The fourth-order valence-corrected chi connectivity index (χ4v) is 4.19. The van der Waals surface area contributed by atoms with Gasteiger partial charge in [0.15, 0.2) is 6.17 Å². The topological polar surface area (TPSA) is 85.2 Å². The summed E-state index contributed by atoms with van der Waals surface area (Å²) in [6.45, 7) is 0. The predicted octanol–water partition coefficient (Wildman–Crippen LogP) is 5.88. The molecule has 0 fully saturated rings. The van der Waals surface area contributed by atoms with E-state index in [2.05, 4.69) is 23.4 Å². The van der Waals surface area contributed by atoms with E-state index in [9.17, 15) is 9.59 Å². The van der Waals surface area contributed by atoms with Crippen LogP contribution in [0.4, 0.5) is 10.5 Å². The first-order valence-electron chi connectivity index (χ1n) is 9.97. The number of nitrogens with zero attached hydrogens (tertiary/aromatic N) is 2. The lowest BCUT2D eigenvalue weighted by atomic mass is 9.90. The highest BCUT2D eigenvalue weighted by Crippen LogP contribution is 2.34. The number of urea groups is 1. The van der Waals surface area contributed by atoms with Crippen LogP contribution in [-0.2, 0) is 4.79 Å². The number of rotatable bonds is 6. The summed E-state index contributed by atoms with van der Waals surface area (Å²) in [5, 5.41) is 14.3. The molecule has 1 unspecified atom stereocenters. The van der Waals surface area contributed by atoms with Crippen molar-refractivity contribution in [2.24, 2.45) is 0 Å². The molecule has 10 heteroatoms. The maximum atomic E-state index is 13.5. The number of hydrogen-bond acceptors (Lipinski definition) is 4. The number of amides is 3. The highest BCUT2D eigenvalue weighted by atomic mass is 35.6. The van der Waals surface area contributed by atoms with Gasteiger partial charge in [0.25, 0.3) is 0 Å². The lowest BCUT2D eigenvalue weighted by molar-refractivity contribution is -0.122. The standard InChI is InChI=1S/C24H19Cl3N4O2S/c25-24(26,27)22(31(34)23(33)29-19-13-7-8-16(14-19)15-28)30-21(32)20(17-9-3-1-4-10-17)18-11-5-2-6-12-18/h1-14,20,22,34H,(H,29,33)(H,30,32). The molecule has 0 aliphatic heterocycles. The summed E-state index contributed by atoms with van der Waals surface area (Å²) in [5.74, 6) is -1.22. The normalized spacial score (nSPS) is 11.9. The molecule has 3 aromatic rings. The Balaban J connectivity index is 1.86. The number of anilines is 1. The van der Waals surface area contributed by atoms with Gasteiger partial charge < -0.3 is 10.6 Å². The van der Waals surface area contributed by atoms with Gasteiger partial charge in [0.1, 0.15) is 0 Å². The van der Waals surface area contributed by atoms with E-state index in [1.807, 2.05) is 66.7 Å². The molecule has 174 valence electrons. The number of carbonyl (C=O) groups is 2. The van der Waals surface area contributed by atoms with Crippen LogP contribution in [0.1, 0.15) is 22.6 Å². The molecule has 0 saturated carbocycles. The molecule has 2 N–H and O–H groups in total. The first-order valence-corrected chi connectivity index (χ1v) is 11.5. The number of nitrogens with one attached hydrogen (secondary N) is 2. The molecule has 0 aliphatic rings. The lowest BCUT2D eigenvalue weighted by Gasteiger charge is -2.33. The highest BCUT2D eigenvalue weighted by Gasteiger charge is 2.41. The molecule has 0 bridgehead atoms. The van der Waals surface area contributed by atoms with Gasteiger partial charge in [-0.3, -0.25) is 4.79 Å². The van der Waals surface area contributed by atoms with Gasteiger partial charge in [0.2, 0.25) is 9.70 Å². The van der Waals surface area contributed by atoms with Gasteiger partial charge in [-0.05, 0) is 29.3 Å². The Morgan fingerprint density at radius 3 is 1.97 bits per heavy atom. The molecule has 0 aliphatic carbocycles. The van der Waals surface area contributed by atoms with Crippen molar-refractivity contribution in [1.82, 2.24) is 9.62 Å². The smallest absolute Gasteiger partial charge is 0.331 e. The number of alkyl halides is 3. The Bertz CT molecular complexity index is 1140. The maximum Gasteiger partial charge on any atom is 0.333 e. The lowest BCUT2D eigenvalue weighted by Crippen LogP contribution is -2.55. The molecule has 0 heterocycles. The maximum absolute atomic E-state index is 13.5. The van der Waals surface area contributed by atoms with Crippen molar-refractivity contribution in [2.45, 2.75) is 15.9 Å². The second-order valence-electron chi connectivity index (χ2n) is 7.17. The molecule has 1 atom stereocenters. The number of benzene rings is 3. The van der Waals surface area contributed by atoms with Crippen LogP contribution in [-0.4, -0.2) is 26.2 Å². The molecule has 0 radical (unpaired) electrons. The van der Waals surface area contributed by atoms with Gasteiger partial charge in [-0.1, -0.05) is 114 Å². The fourth-order valence-electron chi connectivity index (χ4n) is 3.25. The van der Waals surface area contributed by atoms with E-state index in [1.54, 1.807) is 18.2 Å². The first kappa shape index (κ1) is 25.7. The average Bonchev–Trinajstić information content (AvgIpc) is 2.83. The quantitative estimate of drug-likeness (QED) is 0.210. The number of nitriles is 1. The Morgan fingerprint density at radius 1 is 0.912 bits per heavy atom. The summed E-state index contributed by atoms with van der Waals surface area (Å²) in [7, 11) is 0. The van der Waals surface area contributed by atoms with Crippen LogP contribution in [0.15, 0.2) is 84.9 Å². The summed E-state index contributed by atoms with van der Waals surface area (Å²) in [5.41, 5.74) is 2.13. The SMILES string of the molecule is N#Cc1cccc(NC(=O)N(S)C(NC(=O)C(c2ccccc2)c2ccccc2)C(Cl)(Cl)Cl)c1. The zero-order valence-electron chi connectivity index (χ0n) is 17.5. The van der Waals surface area contributed by atoms with Crippen molar-refractivity contribution in [2.75, 3.05) is 5.32 Å².